The van der Waals surface area contributed by atoms with Crippen LogP contribution in [0.25, 0.3) is 0 Å². The highest BCUT2D eigenvalue weighted by molar-refractivity contribution is 6.52. The molecule has 0 radical (unpaired) electrons. The first kappa shape index (κ1) is 13.8. The Morgan fingerprint density at radius 3 is 2.67 bits per heavy atom. The summed E-state index contributed by atoms with van der Waals surface area (Å²) in [5, 5.41) is 0. The first-order valence-electron chi connectivity index (χ1n) is 6.44. The van der Waals surface area contributed by atoms with Gasteiger partial charge in [0.05, 0.1) is 24.4 Å². The minimum Gasteiger partial charge on any atom is -0.381 e. The summed E-state index contributed by atoms with van der Waals surface area (Å²) < 4.78 is 31.6. The number of fused-ring (bicyclic) bond motifs is 1. The van der Waals surface area contributed by atoms with Gasteiger partial charge in [0.25, 0.3) is 11.7 Å². The number of carbonyl (C=O) groups excluding carboxylic acids is 3. The van der Waals surface area contributed by atoms with Crippen LogP contribution in [-0.2, 0) is 14.3 Å². The van der Waals surface area contributed by atoms with Gasteiger partial charge in [0.2, 0.25) is 0 Å². The molecule has 21 heavy (non-hydrogen) atoms. The van der Waals surface area contributed by atoms with E-state index in [-0.39, 0.29) is 36.1 Å². The van der Waals surface area contributed by atoms with Gasteiger partial charge in [-0.15, -0.1) is 0 Å². The lowest BCUT2D eigenvalue weighted by molar-refractivity contribution is -0.123. The van der Waals surface area contributed by atoms with Gasteiger partial charge in [-0.2, -0.15) is 0 Å². The molecule has 1 fully saturated rings. The van der Waals surface area contributed by atoms with E-state index in [4.69, 9.17) is 4.74 Å². The molecule has 2 aliphatic heterocycles. The minimum atomic E-state index is -1.20. The maximum atomic E-state index is 13.3. The van der Waals surface area contributed by atoms with Crippen molar-refractivity contribution in [3.8, 4) is 0 Å². The molecule has 1 aromatic rings. The van der Waals surface area contributed by atoms with Gasteiger partial charge in [0, 0.05) is 18.6 Å². The minimum absolute atomic E-state index is 0.0591. The van der Waals surface area contributed by atoms with Crippen LogP contribution in [-0.4, -0.2) is 37.2 Å². The number of hydrogen-bond acceptors (Lipinski definition) is 4. The van der Waals surface area contributed by atoms with Crippen molar-refractivity contribution in [2.75, 3.05) is 24.7 Å². The van der Waals surface area contributed by atoms with Crippen LogP contribution in [0.1, 0.15) is 16.8 Å². The third-order valence-corrected chi connectivity index (χ3v) is 3.71. The molecular weight excluding hydrogens is 284 g/mol. The lowest BCUT2D eigenvalue weighted by Gasteiger charge is -2.17. The summed E-state index contributed by atoms with van der Waals surface area (Å²) in [6, 6.07) is 1.46. The van der Waals surface area contributed by atoms with E-state index >= 15 is 0 Å². The van der Waals surface area contributed by atoms with Crippen molar-refractivity contribution in [2.45, 2.75) is 6.42 Å². The van der Waals surface area contributed by atoms with Crippen LogP contribution in [0.5, 0.6) is 0 Å². The van der Waals surface area contributed by atoms with Gasteiger partial charge in [-0.05, 0) is 12.5 Å². The average Bonchev–Trinajstić information content (AvgIpc) is 3.05. The van der Waals surface area contributed by atoms with E-state index in [1.165, 1.54) is 0 Å². The predicted octanol–water partition coefficient (Wildman–Crippen LogP) is 1.10. The lowest BCUT2D eigenvalue weighted by Crippen LogP contribution is -2.37. The highest BCUT2D eigenvalue weighted by Crippen LogP contribution is 2.31. The summed E-state index contributed by atoms with van der Waals surface area (Å²) in [7, 11) is 0. The fourth-order valence-corrected chi connectivity index (χ4v) is 2.52. The number of anilines is 1. The predicted molar refractivity (Wildman–Crippen MR) is 67.0 cm³/mol. The van der Waals surface area contributed by atoms with E-state index in [1.807, 2.05) is 0 Å². The van der Waals surface area contributed by atoms with E-state index in [1.54, 1.807) is 0 Å². The number of carbonyl (C=O) groups is 3. The molecule has 1 saturated heterocycles. The molecule has 0 bridgehead atoms. The Morgan fingerprint density at radius 2 is 2.00 bits per heavy atom. The highest BCUT2D eigenvalue weighted by Gasteiger charge is 2.39. The second-order valence-electron chi connectivity index (χ2n) is 5.03. The van der Waals surface area contributed by atoms with Gasteiger partial charge in [0.15, 0.2) is 17.4 Å². The normalized spacial score (nSPS) is 21.0. The lowest BCUT2D eigenvalue weighted by atomic mass is 10.0. The van der Waals surface area contributed by atoms with Crippen molar-refractivity contribution in [2.24, 2.45) is 5.92 Å². The zero-order chi connectivity index (χ0) is 15.1. The summed E-state index contributed by atoms with van der Waals surface area (Å²) in [5.74, 6) is -4.83. The summed E-state index contributed by atoms with van der Waals surface area (Å²) in [5.41, 5.74) is -0.273. The van der Waals surface area contributed by atoms with Gasteiger partial charge >= 0.3 is 0 Å². The molecule has 110 valence electrons. The van der Waals surface area contributed by atoms with Crippen LogP contribution in [0, 0.1) is 17.6 Å². The van der Waals surface area contributed by atoms with Gasteiger partial charge < -0.3 is 4.74 Å². The summed E-state index contributed by atoms with van der Waals surface area (Å²) in [6.07, 6.45) is 0.555. The van der Waals surface area contributed by atoms with Crippen molar-refractivity contribution in [3.63, 3.8) is 0 Å². The van der Waals surface area contributed by atoms with Gasteiger partial charge in [-0.3, -0.25) is 19.3 Å². The van der Waals surface area contributed by atoms with Crippen LogP contribution >= 0.6 is 0 Å². The van der Waals surface area contributed by atoms with Crippen LogP contribution in [0.3, 0.4) is 0 Å². The Balaban J connectivity index is 1.90. The Hall–Kier alpha value is -2.15. The Morgan fingerprint density at radius 1 is 1.29 bits per heavy atom. The number of halogens is 2. The molecule has 1 unspecified atom stereocenters. The molecule has 0 N–H and O–H groups in total. The first-order chi connectivity index (χ1) is 9.99. The van der Waals surface area contributed by atoms with Crippen LogP contribution in [0.2, 0.25) is 0 Å². The Labute approximate surface area is 118 Å². The SMILES string of the molecule is O=C1C(=O)N(CC(=O)C2CCOC2)c2cc(F)c(F)cc21. The van der Waals surface area contributed by atoms with Crippen molar-refractivity contribution in [3.05, 3.63) is 29.3 Å². The maximum Gasteiger partial charge on any atom is 0.299 e. The van der Waals surface area contributed by atoms with Crippen LogP contribution in [0.15, 0.2) is 12.1 Å². The van der Waals surface area contributed by atoms with Gasteiger partial charge in [0.1, 0.15) is 0 Å². The Kier molecular flexibility index (Phi) is 3.29. The zero-order valence-corrected chi connectivity index (χ0v) is 10.9. The standard InChI is InChI=1S/C14H11F2NO4/c15-9-3-8-11(4-10(9)16)17(14(20)13(8)19)5-12(18)7-1-2-21-6-7/h3-4,7H,1-2,5-6H2. The third kappa shape index (κ3) is 2.23. The fourth-order valence-electron chi connectivity index (χ4n) is 2.52. The van der Waals surface area contributed by atoms with Crippen molar-refractivity contribution in [1.82, 2.24) is 0 Å². The van der Waals surface area contributed by atoms with E-state index in [0.29, 0.717) is 19.1 Å². The number of ether oxygens (including phenoxy) is 1. The van der Waals surface area contributed by atoms with Crippen molar-refractivity contribution in [1.29, 1.82) is 0 Å². The zero-order valence-electron chi connectivity index (χ0n) is 10.9. The molecule has 1 amide bonds. The van der Waals surface area contributed by atoms with E-state index in [9.17, 15) is 23.2 Å². The smallest absolute Gasteiger partial charge is 0.299 e. The molecule has 0 spiro atoms. The summed E-state index contributed by atoms with van der Waals surface area (Å²) in [4.78, 5) is 36.6. The number of ketones is 2. The first-order valence-corrected chi connectivity index (χ1v) is 6.44. The van der Waals surface area contributed by atoms with Crippen molar-refractivity contribution < 1.29 is 27.9 Å². The molecule has 0 saturated carbocycles. The topological polar surface area (TPSA) is 63.7 Å². The van der Waals surface area contributed by atoms with Crippen LogP contribution < -0.4 is 4.90 Å². The maximum absolute atomic E-state index is 13.3. The molecule has 5 nitrogen and oxygen atoms in total. The largest absolute Gasteiger partial charge is 0.381 e. The average molecular weight is 295 g/mol. The molecule has 2 heterocycles. The summed E-state index contributed by atoms with van der Waals surface area (Å²) in [6.45, 7) is 0.413. The van der Waals surface area contributed by atoms with E-state index < -0.39 is 23.3 Å². The molecule has 2 aliphatic rings. The fraction of sp³-hybridized carbons (Fsp3) is 0.357. The number of nitrogens with zero attached hydrogens (tertiary/aromatic N) is 1. The third-order valence-electron chi connectivity index (χ3n) is 3.71. The van der Waals surface area contributed by atoms with Crippen LogP contribution in [0.4, 0.5) is 14.5 Å². The highest BCUT2D eigenvalue weighted by atomic mass is 19.2. The second kappa shape index (κ2) is 5.00. The number of hydrogen-bond donors (Lipinski definition) is 0. The van der Waals surface area contributed by atoms with Crippen molar-refractivity contribution >= 4 is 23.2 Å². The number of Topliss-reactive ketones (excluding diaryl/α,β-unsaturated/α-hetero) is 2. The van der Waals surface area contributed by atoms with E-state index in [2.05, 4.69) is 0 Å². The second-order valence-corrected chi connectivity index (χ2v) is 5.03. The number of rotatable bonds is 3. The van der Waals surface area contributed by atoms with Gasteiger partial charge in [-0.25, -0.2) is 8.78 Å². The molecule has 7 heteroatoms. The van der Waals surface area contributed by atoms with E-state index in [0.717, 1.165) is 11.0 Å². The molecule has 3 rings (SSSR count). The molecule has 0 aromatic heterocycles. The summed E-state index contributed by atoms with van der Waals surface area (Å²) >= 11 is 0. The molecule has 0 aliphatic carbocycles. The molecule has 1 atom stereocenters. The number of benzene rings is 1. The molecular formula is C14H11F2NO4. The molecule has 1 aromatic carbocycles. The van der Waals surface area contributed by atoms with Gasteiger partial charge in [-0.1, -0.05) is 0 Å². The quantitative estimate of drug-likeness (QED) is 0.783. The monoisotopic (exact) mass is 295 g/mol. The number of amides is 1. The Bertz CT molecular complexity index is 653.